The Kier molecular flexibility index (Phi) is 4.66. The maximum atomic E-state index is 4.78. The Bertz CT molecular complexity index is 529. The van der Waals surface area contributed by atoms with Crippen LogP contribution >= 0.6 is 23.1 Å². The molecule has 0 saturated carbocycles. The van der Waals surface area contributed by atoms with Gasteiger partial charge in [0.2, 0.25) is 0 Å². The summed E-state index contributed by atoms with van der Waals surface area (Å²) >= 11 is 3.47. The van der Waals surface area contributed by atoms with Crippen LogP contribution in [0.2, 0.25) is 0 Å². The molecule has 0 spiro atoms. The van der Waals surface area contributed by atoms with E-state index in [-0.39, 0.29) is 5.54 Å². The molecule has 0 atom stereocenters. The molecule has 0 radical (unpaired) electrons. The van der Waals surface area contributed by atoms with Gasteiger partial charge in [0.25, 0.3) is 0 Å². The van der Waals surface area contributed by atoms with Crippen LogP contribution in [0.4, 0.5) is 0 Å². The van der Waals surface area contributed by atoms with Crippen molar-refractivity contribution in [3.05, 3.63) is 35.3 Å². The summed E-state index contributed by atoms with van der Waals surface area (Å²) in [7, 11) is 0. The molecule has 0 aliphatic rings. The zero-order chi connectivity index (χ0) is 13.9. The van der Waals surface area contributed by atoms with E-state index >= 15 is 0 Å². The monoisotopic (exact) mass is 292 g/mol. The third kappa shape index (κ3) is 3.38. The first-order chi connectivity index (χ1) is 9.06. The molecule has 102 valence electrons. The van der Waals surface area contributed by atoms with Gasteiger partial charge in [0, 0.05) is 15.8 Å². The maximum absolute atomic E-state index is 4.78. The van der Waals surface area contributed by atoms with Gasteiger partial charge in [-0.3, -0.25) is 0 Å². The molecule has 0 amide bonds. The normalized spacial score (nSPS) is 11.8. The fourth-order valence-electron chi connectivity index (χ4n) is 1.96. The molecule has 0 aliphatic carbocycles. The first-order valence-corrected chi connectivity index (χ1v) is 8.52. The Morgan fingerprint density at radius 3 is 2.53 bits per heavy atom. The van der Waals surface area contributed by atoms with Gasteiger partial charge in [0.05, 0.1) is 11.2 Å². The molecule has 0 bridgehead atoms. The molecule has 1 heterocycles. The van der Waals surface area contributed by atoms with E-state index in [1.165, 1.54) is 10.5 Å². The average molecular weight is 292 g/mol. The second-order valence-corrected chi connectivity index (χ2v) is 6.66. The zero-order valence-corrected chi connectivity index (χ0v) is 13.5. The average Bonchev–Trinajstić information content (AvgIpc) is 2.89. The fraction of sp³-hybridized carbons (Fsp3) is 0.400. The van der Waals surface area contributed by atoms with Gasteiger partial charge in [-0.2, -0.15) is 0 Å². The number of benzene rings is 1. The van der Waals surface area contributed by atoms with Crippen molar-refractivity contribution in [2.24, 2.45) is 0 Å². The topological polar surface area (TPSA) is 24.9 Å². The molecular weight excluding hydrogens is 272 g/mol. The number of hydrogen-bond acceptors (Lipinski definition) is 4. The number of rotatable bonds is 5. The van der Waals surface area contributed by atoms with Crippen LogP contribution in [0.15, 0.2) is 34.5 Å². The molecular formula is C15H20N2S2. The molecule has 4 heteroatoms. The summed E-state index contributed by atoms with van der Waals surface area (Å²) in [6, 6.07) is 8.59. The van der Waals surface area contributed by atoms with E-state index in [0.29, 0.717) is 0 Å². The molecule has 1 N–H and O–H groups in total. The van der Waals surface area contributed by atoms with Crippen LogP contribution in [-0.2, 0) is 5.54 Å². The highest BCUT2D eigenvalue weighted by Crippen LogP contribution is 2.29. The van der Waals surface area contributed by atoms with Gasteiger partial charge in [0.1, 0.15) is 5.01 Å². The second kappa shape index (κ2) is 6.07. The van der Waals surface area contributed by atoms with Crippen molar-refractivity contribution in [1.82, 2.24) is 10.3 Å². The number of thiazole rings is 1. The fourth-order valence-corrected chi connectivity index (χ4v) is 3.36. The van der Waals surface area contributed by atoms with Crippen molar-refractivity contribution in [2.45, 2.75) is 31.2 Å². The first kappa shape index (κ1) is 14.6. The summed E-state index contributed by atoms with van der Waals surface area (Å²) in [5.74, 6) is 0. The lowest BCUT2D eigenvalue weighted by atomic mass is 10.0. The van der Waals surface area contributed by atoms with Gasteiger partial charge < -0.3 is 5.32 Å². The maximum Gasteiger partial charge on any atom is 0.123 e. The molecule has 0 fully saturated rings. The molecule has 0 unspecified atom stereocenters. The second-order valence-electron chi connectivity index (χ2n) is 4.92. The van der Waals surface area contributed by atoms with Crippen molar-refractivity contribution in [3.63, 3.8) is 0 Å². The third-order valence-electron chi connectivity index (χ3n) is 3.10. The van der Waals surface area contributed by atoms with Crippen molar-refractivity contribution in [1.29, 1.82) is 0 Å². The van der Waals surface area contributed by atoms with E-state index < -0.39 is 0 Å². The quantitative estimate of drug-likeness (QED) is 0.828. The Balaban J connectivity index is 2.25. The van der Waals surface area contributed by atoms with Crippen molar-refractivity contribution >= 4 is 23.1 Å². The smallest absolute Gasteiger partial charge is 0.123 e. The van der Waals surface area contributed by atoms with Crippen LogP contribution in [0.1, 0.15) is 26.5 Å². The first-order valence-electron chi connectivity index (χ1n) is 6.42. The lowest BCUT2D eigenvalue weighted by Gasteiger charge is -2.23. The van der Waals surface area contributed by atoms with E-state index in [1.807, 2.05) is 0 Å². The Morgan fingerprint density at radius 1 is 1.26 bits per heavy atom. The molecule has 1 aromatic heterocycles. The van der Waals surface area contributed by atoms with Gasteiger partial charge in [-0.05, 0) is 38.8 Å². The van der Waals surface area contributed by atoms with Crippen LogP contribution in [0.5, 0.6) is 0 Å². The minimum Gasteiger partial charge on any atom is -0.307 e. The van der Waals surface area contributed by atoms with Crippen LogP contribution in [-0.4, -0.2) is 17.8 Å². The Morgan fingerprint density at radius 2 is 1.95 bits per heavy atom. The van der Waals surface area contributed by atoms with Crippen LogP contribution in [0, 0.1) is 0 Å². The summed E-state index contributed by atoms with van der Waals surface area (Å²) in [6.45, 7) is 7.41. The largest absolute Gasteiger partial charge is 0.307 e. The molecule has 1 aromatic carbocycles. The van der Waals surface area contributed by atoms with Crippen molar-refractivity contribution in [2.75, 3.05) is 12.8 Å². The Hall–Kier alpha value is -0.840. The number of thioether (sulfide) groups is 1. The molecule has 2 rings (SSSR count). The van der Waals surface area contributed by atoms with E-state index in [4.69, 9.17) is 4.98 Å². The summed E-state index contributed by atoms with van der Waals surface area (Å²) in [5, 5.41) is 6.71. The predicted octanol–water partition coefficient (Wildman–Crippen LogP) is 4.38. The number of aromatic nitrogens is 1. The van der Waals surface area contributed by atoms with Gasteiger partial charge in [-0.1, -0.05) is 19.1 Å². The van der Waals surface area contributed by atoms with Gasteiger partial charge in [-0.25, -0.2) is 4.98 Å². The highest BCUT2D eigenvalue weighted by molar-refractivity contribution is 7.98. The van der Waals surface area contributed by atoms with Crippen LogP contribution in [0.25, 0.3) is 10.6 Å². The van der Waals surface area contributed by atoms with E-state index in [0.717, 1.165) is 17.2 Å². The van der Waals surface area contributed by atoms with Crippen LogP contribution in [0.3, 0.4) is 0 Å². The summed E-state index contributed by atoms with van der Waals surface area (Å²) in [6.07, 6.45) is 2.09. The zero-order valence-electron chi connectivity index (χ0n) is 11.9. The lowest BCUT2D eigenvalue weighted by molar-refractivity contribution is 0.406. The SMILES string of the molecule is CCNC(C)(C)c1csc(-c2ccc(SC)cc2)n1. The van der Waals surface area contributed by atoms with Crippen molar-refractivity contribution in [3.8, 4) is 10.6 Å². The summed E-state index contributed by atoms with van der Waals surface area (Å²) in [4.78, 5) is 6.06. The van der Waals surface area contributed by atoms with Gasteiger partial charge in [0.15, 0.2) is 0 Å². The number of nitrogens with zero attached hydrogens (tertiary/aromatic N) is 1. The molecule has 2 nitrogen and oxygen atoms in total. The highest BCUT2D eigenvalue weighted by atomic mass is 32.2. The minimum atomic E-state index is -0.0668. The van der Waals surface area contributed by atoms with Crippen molar-refractivity contribution < 1.29 is 0 Å². The summed E-state index contributed by atoms with van der Waals surface area (Å²) in [5.41, 5.74) is 2.24. The van der Waals surface area contributed by atoms with Gasteiger partial charge in [-0.15, -0.1) is 23.1 Å². The van der Waals surface area contributed by atoms with E-state index in [9.17, 15) is 0 Å². The molecule has 2 aromatic rings. The minimum absolute atomic E-state index is 0.0668. The Labute approximate surface area is 123 Å². The predicted molar refractivity (Wildman–Crippen MR) is 86.0 cm³/mol. The molecule has 0 saturated heterocycles. The molecule has 0 aliphatic heterocycles. The molecule has 19 heavy (non-hydrogen) atoms. The number of hydrogen-bond donors (Lipinski definition) is 1. The standard InChI is InChI=1S/C15H20N2S2/c1-5-16-15(2,3)13-10-19-14(17-13)11-6-8-12(18-4)9-7-11/h6-10,16H,5H2,1-4H3. The lowest BCUT2D eigenvalue weighted by Crippen LogP contribution is -2.36. The van der Waals surface area contributed by atoms with E-state index in [2.05, 4.69) is 62.0 Å². The van der Waals surface area contributed by atoms with Crippen LogP contribution < -0.4 is 5.32 Å². The summed E-state index contributed by atoms with van der Waals surface area (Å²) < 4.78 is 0. The van der Waals surface area contributed by atoms with E-state index in [1.54, 1.807) is 23.1 Å². The highest BCUT2D eigenvalue weighted by Gasteiger charge is 2.22. The van der Waals surface area contributed by atoms with Gasteiger partial charge >= 0.3 is 0 Å². The third-order valence-corrected chi connectivity index (χ3v) is 4.74. The number of nitrogens with one attached hydrogen (secondary N) is 1.